The number of alkyl halides is 1. The Morgan fingerprint density at radius 2 is 1.22 bits per heavy atom. The first-order chi connectivity index (χ1) is 11.2. The fraction of sp³-hybridized carbons (Fsp3) is 0.950. The predicted molar refractivity (Wildman–Crippen MR) is 101 cm³/mol. The zero-order valence-corrected chi connectivity index (χ0v) is 16.3. The van der Waals surface area contributed by atoms with Crippen molar-refractivity contribution in [3.8, 4) is 0 Å². The van der Waals surface area contributed by atoms with Crippen molar-refractivity contribution in [1.29, 1.82) is 0 Å². The van der Waals surface area contributed by atoms with Gasteiger partial charge < -0.3 is 4.74 Å². The topological polar surface area (TPSA) is 26.3 Å². The molecule has 1 unspecified atom stereocenters. The van der Waals surface area contributed by atoms with E-state index >= 15 is 0 Å². The molecule has 3 heteroatoms. The third-order valence-electron chi connectivity index (χ3n) is 4.34. The minimum atomic E-state index is -0.163. The van der Waals surface area contributed by atoms with Gasteiger partial charge in [0.05, 0.1) is 6.61 Å². The number of carbonyl (C=O) groups is 1. The summed E-state index contributed by atoms with van der Waals surface area (Å²) in [6.45, 7) is 4.32. The fourth-order valence-corrected chi connectivity index (χ4v) is 3.17. The molecule has 0 radical (unpaired) electrons. The second-order valence-electron chi connectivity index (χ2n) is 6.76. The predicted octanol–water partition coefficient (Wildman–Crippen LogP) is 7.03. The maximum atomic E-state index is 10.6. The quantitative estimate of drug-likeness (QED) is 0.160. The van der Waals surface area contributed by atoms with Crippen LogP contribution in [0.25, 0.3) is 0 Å². The summed E-state index contributed by atoms with van der Waals surface area (Å²) < 4.78 is 4.92. The molecule has 0 rings (SSSR count). The Morgan fingerprint density at radius 1 is 0.783 bits per heavy atom. The van der Waals surface area contributed by atoms with E-state index in [0.717, 1.165) is 6.42 Å². The molecule has 0 saturated carbocycles. The first-order valence-electron chi connectivity index (χ1n) is 9.94. The molecule has 0 aromatic heterocycles. The number of esters is 1. The van der Waals surface area contributed by atoms with Crippen molar-refractivity contribution in [3.05, 3.63) is 0 Å². The maximum absolute atomic E-state index is 10.6. The van der Waals surface area contributed by atoms with Crippen molar-refractivity contribution in [1.82, 2.24) is 0 Å². The van der Waals surface area contributed by atoms with Gasteiger partial charge in [-0.25, -0.2) is 0 Å². The van der Waals surface area contributed by atoms with Crippen LogP contribution >= 0.6 is 11.6 Å². The summed E-state index contributed by atoms with van der Waals surface area (Å²) in [5, 5.41) is 0.401. The number of rotatable bonds is 17. The highest BCUT2D eigenvalue weighted by molar-refractivity contribution is 6.20. The van der Waals surface area contributed by atoms with Gasteiger partial charge in [-0.2, -0.15) is 0 Å². The second kappa shape index (κ2) is 18.1. The molecule has 0 aliphatic rings. The van der Waals surface area contributed by atoms with Crippen molar-refractivity contribution >= 4 is 17.6 Å². The van der Waals surface area contributed by atoms with Crippen LogP contribution in [0, 0.1) is 0 Å². The van der Waals surface area contributed by atoms with Crippen LogP contribution in [-0.4, -0.2) is 18.0 Å². The van der Waals surface area contributed by atoms with Gasteiger partial charge in [0, 0.05) is 12.3 Å². The number of unbranched alkanes of at least 4 members (excludes halogenated alkanes) is 11. The molecule has 138 valence electrons. The van der Waals surface area contributed by atoms with E-state index in [9.17, 15) is 4.79 Å². The van der Waals surface area contributed by atoms with Gasteiger partial charge in [0.2, 0.25) is 0 Å². The largest absolute Gasteiger partial charge is 0.466 e. The molecule has 1 atom stereocenters. The number of ether oxygens (including phenoxy) is 1. The molecule has 2 nitrogen and oxygen atoms in total. The van der Waals surface area contributed by atoms with E-state index in [0.29, 0.717) is 12.0 Å². The van der Waals surface area contributed by atoms with E-state index in [1.165, 1.54) is 96.8 Å². The first-order valence-corrected chi connectivity index (χ1v) is 10.4. The number of hydrogen-bond donors (Lipinski definition) is 0. The first kappa shape index (κ1) is 22.8. The van der Waals surface area contributed by atoms with Crippen LogP contribution in [0.1, 0.15) is 110 Å². The normalized spacial score (nSPS) is 12.3. The zero-order chi connectivity index (χ0) is 17.2. The van der Waals surface area contributed by atoms with E-state index < -0.39 is 0 Å². The van der Waals surface area contributed by atoms with Crippen molar-refractivity contribution in [2.24, 2.45) is 0 Å². The van der Waals surface area contributed by atoms with Crippen LogP contribution in [0.5, 0.6) is 0 Å². The fourth-order valence-electron chi connectivity index (χ4n) is 2.86. The summed E-state index contributed by atoms with van der Waals surface area (Å²) in [6.07, 6.45) is 19.2. The van der Waals surface area contributed by atoms with Gasteiger partial charge in [-0.1, -0.05) is 84.0 Å². The minimum absolute atomic E-state index is 0.163. The Labute approximate surface area is 149 Å². The lowest BCUT2D eigenvalue weighted by Gasteiger charge is -2.09. The van der Waals surface area contributed by atoms with Crippen molar-refractivity contribution < 1.29 is 9.53 Å². The molecule has 0 N–H and O–H groups in total. The SMILES string of the molecule is CCCCCCCC(Cl)CCCCCCCCCCOC(C)=O. The molecule has 0 fully saturated rings. The summed E-state index contributed by atoms with van der Waals surface area (Å²) in [5.41, 5.74) is 0. The smallest absolute Gasteiger partial charge is 0.302 e. The summed E-state index contributed by atoms with van der Waals surface area (Å²) in [7, 11) is 0. The minimum Gasteiger partial charge on any atom is -0.466 e. The van der Waals surface area contributed by atoms with E-state index in [4.69, 9.17) is 16.3 Å². The molecular weight excluding hydrogens is 308 g/mol. The molecule has 0 spiro atoms. The molecule has 0 bridgehead atoms. The third kappa shape index (κ3) is 19.7. The van der Waals surface area contributed by atoms with Gasteiger partial charge in [-0.3, -0.25) is 4.79 Å². The molecule has 0 aromatic rings. The number of halogens is 1. The lowest BCUT2D eigenvalue weighted by atomic mass is 10.0. The highest BCUT2D eigenvalue weighted by Gasteiger charge is 2.04. The average Bonchev–Trinajstić information content (AvgIpc) is 2.52. The monoisotopic (exact) mass is 346 g/mol. The summed E-state index contributed by atoms with van der Waals surface area (Å²) in [6, 6.07) is 0. The molecule has 23 heavy (non-hydrogen) atoms. The number of hydrogen-bond acceptors (Lipinski definition) is 2. The third-order valence-corrected chi connectivity index (χ3v) is 4.77. The molecule has 0 aliphatic heterocycles. The summed E-state index contributed by atoms with van der Waals surface area (Å²) >= 11 is 6.39. The Bertz CT molecular complexity index is 256. The molecule has 0 aliphatic carbocycles. The Balaban J connectivity index is 3.13. The standard InChI is InChI=1S/C20H39ClO2/c1-3-4-5-10-13-16-20(21)17-14-11-8-6-7-9-12-15-18-23-19(2)22/h20H,3-18H2,1-2H3. The van der Waals surface area contributed by atoms with E-state index in [2.05, 4.69) is 6.92 Å². The molecular formula is C20H39ClO2. The van der Waals surface area contributed by atoms with Gasteiger partial charge in [-0.05, 0) is 19.3 Å². The van der Waals surface area contributed by atoms with Crippen molar-refractivity contribution in [3.63, 3.8) is 0 Å². The van der Waals surface area contributed by atoms with Crippen molar-refractivity contribution in [2.75, 3.05) is 6.61 Å². The number of carbonyl (C=O) groups excluding carboxylic acids is 1. The van der Waals surface area contributed by atoms with Crippen LogP contribution in [0.2, 0.25) is 0 Å². The Hall–Kier alpha value is -0.240. The molecule has 0 saturated heterocycles. The van der Waals surface area contributed by atoms with Crippen molar-refractivity contribution in [2.45, 2.75) is 116 Å². The summed E-state index contributed by atoms with van der Waals surface area (Å²) in [5.74, 6) is -0.163. The van der Waals surface area contributed by atoms with Gasteiger partial charge >= 0.3 is 5.97 Å². The van der Waals surface area contributed by atoms with Gasteiger partial charge in [0.1, 0.15) is 0 Å². The van der Waals surface area contributed by atoms with Crippen LogP contribution in [0.4, 0.5) is 0 Å². The molecule has 0 heterocycles. The van der Waals surface area contributed by atoms with Gasteiger partial charge in [0.25, 0.3) is 0 Å². The van der Waals surface area contributed by atoms with Gasteiger partial charge in [0.15, 0.2) is 0 Å². The van der Waals surface area contributed by atoms with Crippen LogP contribution < -0.4 is 0 Å². The zero-order valence-electron chi connectivity index (χ0n) is 15.6. The molecule has 0 aromatic carbocycles. The Kier molecular flexibility index (Phi) is 17.9. The highest BCUT2D eigenvalue weighted by atomic mass is 35.5. The summed E-state index contributed by atoms with van der Waals surface area (Å²) in [4.78, 5) is 10.6. The highest BCUT2D eigenvalue weighted by Crippen LogP contribution is 2.18. The Morgan fingerprint density at radius 3 is 1.70 bits per heavy atom. The van der Waals surface area contributed by atoms with E-state index in [-0.39, 0.29) is 5.97 Å². The van der Waals surface area contributed by atoms with E-state index in [1.807, 2.05) is 0 Å². The van der Waals surface area contributed by atoms with Crippen LogP contribution in [0.15, 0.2) is 0 Å². The lowest BCUT2D eigenvalue weighted by molar-refractivity contribution is -0.141. The van der Waals surface area contributed by atoms with Crippen LogP contribution in [0.3, 0.4) is 0 Å². The molecule has 0 amide bonds. The maximum Gasteiger partial charge on any atom is 0.302 e. The van der Waals surface area contributed by atoms with E-state index in [1.54, 1.807) is 0 Å². The van der Waals surface area contributed by atoms with Crippen LogP contribution in [-0.2, 0) is 9.53 Å². The van der Waals surface area contributed by atoms with Gasteiger partial charge in [-0.15, -0.1) is 11.6 Å². The second-order valence-corrected chi connectivity index (χ2v) is 7.37. The lowest BCUT2D eigenvalue weighted by Crippen LogP contribution is -2.00. The average molecular weight is 347 g/mol.